The maximum absolute atomic E-state index is 12.8. The smallest absolute Gasteiger partial charge is 0.243 e. The van der Waals surface area contributed by atoms with Crippen LogP contribution in [0.4, 0.5) is 5.69 Å². The molecule has 0 spiro atoms. The molecule has 0 heterocycles. The lowest BCUT2D eigenvalue weighted by Crippen LogP contribution is -2.35. The van der Waals surface area contributed by atoms with Gasteiger partial charge in [-0.15, -0.1) is 11.8 Å². The van der Waals surface area contributed by atoms with Gasteiger partial charge in [0.05, 0.1) is 22.7 Å². The molecule has 0 aliphatic heterocycles. The first-order valence-electron chi connectivity index (χ1n) is 11.2. The highest BCUT2D eigenvalue weighted by Gasteiger charge is 2.37. The largest absolute Gasteiger partial charge is 0.506 e. The number of anilines is 1. The number of amides is 2. The summed E-state index contributed by atoms with van der Waals surface area (Å²) in [6, 6.07) is 36.8. The van der Waals surface area contributed by atoms with Crippen LogP contribution in [-0.2, 0) is 14.3 Å². The molecule has 0 saturated heterocycles. The van der Waals surface area contributed by atoms with E-state index in [1.165, 1.54) is 17.8 Å². The number of carbonyl (C=O) groups is 2. The number of rotatable bonds is 9. The van der Waals surface area contributed by atoms with Crippen LogP contribution < -0.4 is 10.6 Å². The van der Waals surface area contributed by atoms with E-state index >= 15 is 0 Å². The summed E-state index contributed by atoms with van der Waals surface area (Å²) >= 11 is 1.51. The minimum Gasteiger partial charge on any atom is -0.506 e. The topological polar surface area (TPSA) is 78.4 Å². The van der Waals surface area contributed by atoms with Gasteiger partial charge in [-0.3, -0.25) is 9.59 Å². The number of aromatic hydroxyl groups is 1. The highest BCUT2D eigenvalue weighted by Crippen LogP contribution is 2.48. The van der Waals surface area contributed by atoms with Crippen molar-refractivity contribution in [2.24, 2.45) is 0 Å². The van der Waals surface area contributed by atoms with Crippen molar-refractivity contribution in [3.05, 3.63) is 132 Å². The Balaban J connectivity index is 1.54. The average Bonchev–Trinajstić information content (AvgIpc) is 2.91. The first-order chi connectivity index (χ1) is 17.1. The second kappa shape index (κ2) is 11.4. The van der Waals surface area contributed by atoms with Crippen LogP contribution in [0, 0.1) is 0 Å². The average molecular weight is 483 g/mol. The number of hydrogen-bond acceptors (Lipinski definition) is 4. The van der Waals surface area contributed by atoms with E-state index in [4.69, 9.17) is 0 Å². The number of carbonyl (C=O) groups excluding carboxylic acids is 2. The van der Waals surface area contributed by atoms with Crippen molar-refractivity contribution in [3.63, 3.8) is 0 Å². The van der Waals surface area contributed by atoms with Crippen molar-refractivity contribution in [1.29, 1.82) is 0 Å². The summed E-state index contributed by atoms with van der Waals surface area (Å²) in [7, 11) is 0. The SMILES string of the molecule is O=C(CSC(c1ccccc1)(c1ccccc1)c1ccccc1)NCC(=O)Nc1ccccc1O. The van der Waals surface area contributed by atoms with Gasteiger partial charge in [0.15, 0.2) is 0 Å². The lowest BCUT2D eigenvalue weighted by Gasteiger charge is -2.35. The summed E-state index contributed by atoms with van der Waals surface area (Å²) in [5.74, 6) is -0.552. The van der Waals surface area contributed by atoms with Gasteiger partial charge in [-0.1, -0.05) is 103 Å². The van der Waals surface area contributed by atoms with Gasteiger partial charge in [-0.05, 0) is 28.8 Å². The summed E-state index contributed by atoms with van der Waals surface area (Å²) in [4.78, 5) is 25.1. The molecule has 4 aromatic carbocycles. The quantitative estimate of drug-likeness (QED) is 0.227. The fraction of sp³-hybridized carbons (Fsp3) is 0.103. The standard InChI is InChI=1S/C29H26N2O3S/c32-26-19-11-10-18-25(26)31-27(33)20-30-28(34)21-35-29(22-12-4-1-5-13-22,23-14-6-2-7-15-23)24-16-8-3-9-17-24/h1-19,32H,20-21H2,(H,30,34)(H,31,33). The van der Waals surface area contributed by atoms with E-state index in [1.54, 1.807) is 18.2 Å². The number of para-hydroxylation sites is 2. The molecule has 6 heteroatoms. The fourth-order valence-electron chi connectivity index (χ4n) is 3.95. The van der Waals surface area contributed by atoms with Crippen molar-refractivity contribution in [3.8, 4) is 5.75 Å². The van der Waals surface area contributed by atoms with Crippen LogP contribution >= 0.6 is 11.8 Å². The van der Waals surface area contributed by atoms with E-state index in [-0.39, 0.29) is 24.0 Å². The van der Waals surface area contributed by atoms with Crippen molar-refractivity contribution in [1.82, 2.24) is 5.32 Å². The second-order valence-corrected chi connectivity index (χ2v) is 9.10. The first-order valence-corrected chi connectivity index (χ1v) is 12.2. The molecule has 2 amide bonds. The Morgan fingerprint density at radius 2 is 1.11 bits per heavy atom. The molecule has 3 N–H and O–H groups in total. The number of benzene rings is 4. The molecule has 4 rings (SSSR count). The molecule has 0 atom stereocenters. The first kappa shape index (κ1) is 24.1. The Morgan fingerprint density at radius 1 is 0.657 bits per heavy atom. The van der Waals surface area contributed by atoms with E-state index < -0.39 is 10.7 Å². The van der Waals surface area contributed by atoms with Crippen molar-refractivity contribution >= 4 is 29.3 Å². The monoisotopic (exact) mass is 482 g/mol. The number of hydrogen-bond donors (Lipinski definition) is 3. The van der Waals surface area contributed by atoms with Gasteiger partial charge in [0, 0.05) is 0 Å². The lowest BCUT2D eigenvalue weighted by atomic mass is 9.84. The summed E-state index contributed by atoms with van der Waals surface area (Å²) in [6.45, 7) is -0.192. The summed E-state index contributed by atoms with van der Waals surface area (Å²) in [5.41, 5.74) is 3.49. The second-order valence-electron chi connectivity index (χ2n) is 7.91. The third-order valence-electron chi connectivity index (χ3n) is 5.58. The molecule has 0 aliphatic carbocycles. The molecule has 0 bridgehead atoms. The van der Waals surface area contributed by atoms with Gasteiger partial charge in [0.25, 0.3) is 0 Å². The predicted octanol–water partition coefficient (Wildman–Crippen LogP) is 5.17. The lowest BCUT2D eigenvalue weighted by molar-refractivity contribution is -0.122. The zero-order valence-electron chi connectivity index (χ0n) is 19.1. The molecule has 35 heavy (non-hydrogen) atoms. The van der Waals surface area contributed by atoms with Gasteiger partial charge >= 0.3 is 0 Å². The summed E-state index contributed by atoms with van der Waals surface area (Å²) in [6.07, 6.45) is 0. The van der Waals surface area contributed by atoms with Gasteiger partial charge in [-0.2, -0.15) is 0 Å². The molecule has 5 nitrogen and oxygen atoms in total. The maximum atomic E-state index is 12.8. The summed E-state index contributed by atoms with van der Waals surface area (Å²) in [5, 5.41) is 15.1. The zero-order chi connectivity index (χ0) is 24.5. The molecule has 4 aromatic rings. The maximum Gasteiger partial charge on any atom is 0.243 e. The molecule has 176 valence electrons. The van der Waals surface area contributed by atoms with Crippen LogP contribution in [0.2, 0.25) is 0 Å². The van der Waals surface area contributed by atoms with E-state index in [2.05, 4.69) is 47.0 Å². The minimum absolute atomic E-state index is 0.0268. The Hall–Kier alpha value is -4.03. The Bertz CT molecular complexity index is 1170. The van der Waals surface area contributed by atoms with Crippen molar-refractivity contribution < 1.29 is 14.7 Å². The molecule has 0 aromatic heterocycles. The minimum atomic E-state index is -0.612. The van der Waals surface area contributed by atoms with Crippen LogP contribution in [0.3, 0.4) is 0 Å². The number of nitrogens with one attached hydrogen (secondary N) is 2. The third-order valence-corrected chi connectivity index (χ3v) is 7.13. The fourth-order valence-corrected chi connectivity index (χ4v) is 5.30. The van der Waals surface area contributed by atoms with E-state index in [0.717, 1.165) is 16.7 Å². The highest BCUT2D eigenvalue weighted by atomic mass is 32.2. The van der Waals surface area contributed by atoms with E-state index in [0.29, 0.717) is 5.69 Å². The Morgan fingerprint density at radius 3 is 1.60 bits per heavy atom. The molecule has 0 fully saturated rings. The van der Waals surface area contributed by atoms with Gasteiger partial charge < -0.3 is 15.7 Å². The predicted molar refractivity (Wildman–Crippen MR) is 141 cm³/mol. The van der Waals surface area contributed by atoms with Gasteiger partial charge in [0.1, 0.15) is 5.75 Å². The van der Waals surface area contributed by atoms with Gasteiger partial charge in [0.2, 0.25) is 11.8 Å². The molecule has 0 unspecified atom stereocenters. The van der Waals surface area contributed by atoms with Crippen LogP contribution in [0.1, 0.15) is 16.7 Å². The van der Waals surface area contributed by atoms with Gasteiger partial charge in [-0.25, -0.2) is 0 Å². The third kappa shape index (κ3) is 5.73. The Labute approximate surface area is 209 Å². The number of thioether (sulfide) groups is 1. The van der Waals surface area contributed by atoms with Crippen LogP contribution in [0.25, 0.3) is 0 Å². The van der Waals surface area contributed by atoms with Crippen molar-refractivity contribution in [2.75, 3.05) is 17.6 Å². The molecule has 0 saturated carbocycles. The summed E-state index contributed by atoms with van der Waals surface area (Å²) < 4.78 is -0.612. The Kier molecular flexibility index (Phi) is 7.85. The van der Waals surface area contributed by atoms with Crippen molar-refractivity contribution in [2.45, 2.75) is 4.75 Å². The number of phenolic OH excluding ortho intramolecular Hbond substituents is 1. The van der Waals surface area contributed by atoms with Crippen LogP contribution in [-0.4, -0.2) is 29.2 Å². The molecular weight excluding hydrogens is 456 g/mol. The van der Waals surface area contributed by atoms with Crippen LogP contribution in [0.5, 0.6) is 5.75 Å². The molecule has 0 radical (unpaired) electrons. The van der Waals surface area contributed by atoms with E-state index in [9.17, 15) is 14.7 Å². The normalized spacial score (nSPS) is 11.0. The zero-order valence-corrected chi connectivity index (χ0v) is 19.9. The van der Waals surface area contributed by atoms with Crippen LogP contribution in [0.15, 0.2) is 115 Å². The highest BCUT2D eigenvalue weighted by molar-refractivity contribution is 8.01. The molecule has 0 aliphatic rings. The number of phenols is 1. The van der Waals surface area contributed by atoms with E-state index in [1.807, 2.05) is 54.6 Å². The molecular formula is C29H26N2O3S.